The Morgan fingerprint density at radius 2 is 2.19 bits per heavy atom. The van der Waals surface area contributed by atoms with Gasteiger partial charge in [0.15, 0.2) is 0 Å². The summed E-state index contributed by atoms with van der Waals surface area (Å²) in [6.07, 6.45) is -2.33. The van der Waals surface area contributed by atoms with Crippen LogP contribution in [0.3, 0.4) is 0 Å². The Labute approximate surface area is 120 Å². The number of hydrogen-bond donors (Lipinski definition) is 2. The first kappa shape index (κ1) is 17.2. The fourth-order valence-corrected chi connectivity index (χ4v) is 1.54. The lowest BCUT2D eigenvalue weighted by Gasteiger charge is -2.11. The van der Waals surface area contributed by atoms with Crippen LogP contribution in [-0.2, 0) is 11.0 Å². The Balaban J connectivity index is 2.32. The second-order valence-electron chi connectivity index (χ2n) is 4.42. The maximum absolute atomic E-state index is 12.3. The number of carbonyl (C=O) groups is 1. The van der Waals surface area contributed by atoms with E-state index in [0.717, 1.165) is 18.6 Å². The molecule has 0 aliphatic rings. The number of rotatable bonds is 7. The van der Waals surface area contributed by atoms with Crippen molar-refractivity contribution in [3.63, 3.8) is 0 Å². The van der Waals surface area contributed by atoms with Crippen molar-refractivity contribution in [2.75, 3.05) is 13.2 Å². The molecule has 0 fully saturated rings. The molecule has 8 heteroatoms. The number of ether oxygens (including phenoxy) is 1. The van der Waals surface area contributed by atoms with Crippen molar-refractivity contribution in [2.45, 2.75) is 32.0 Å². The second kappa shape index (κ2) is 7.82. The molecular formula is C13H18F3N3O2. The van der Waals surface area contributed by atoms with Gasteiger partial charge >= 0.3 is 6.18 Å². The predicted molar refractivity (Wildman–Crippen MR) is 70.6 cm³/mol. The third-order valence-corrected chi connectivity index (χ3v) is 2.65. The Morgan fingerprint density at radius 1 is 1.48 bits per heavy atom. The van der Waals surface area contributed by atoms with Crippen LogP contribution in [0.4, 0.5) is 13.2 Å². The average Bonchev–Trinajstić information content (AvgIpc) is 2.43. The van der Waals surface area contributed by atoms with Gasteiger partial charge in [-0.25, -0.2) is 4.98 Å². The van der Waals surface area contributed by atoms with Crippen LogP contribution in [0.2, 0.25) is 0 Å². The lowest BCUT2D eigenvalue weighted by Crippen LogP contribution is -2.41. The van der Waals surface area contributed by atoms with E-state index < -0.39 is 17.8 Å². The van der Waals surface area contributed by atoms with Gasteiger partial charge in [-0.3, -0.25) is 4.79 Å². The SMILES string of the molecule is CCCC(N)C(=O)NCCOc1ccc(C(F)(F)F)cn1. The molecule has 0 saturated heterocycles. The molecule has 5 nitrogen and oxygen atoms in total. The van der Waals surface area contributed by atoms with E-state index in [1.165, 1.54) is 0 Å². The van der Waals surface area contributed by atoms with Crippen molar-refractivity contribution in [2.24, 2.45) is 5.73 Å². The van der Waals surface area contributed by atoms with Crippen molar-refractivity contribution in [3.8, 4) is 5.88 Å². The van der Waals surface area contributed by atoms with Crippen LogP contribution in [-0.4, -0.2) is 30.1 Å². The van der Waals surface area contributed by atoms with Crippen LogP contribution in [0.1, 0.15) is 25.3 Å². The molecule has 1 aromatic rings. The molecule has 1 heterocycles. The zero-order chi connectivity index (χ0) is 15.9. The van der Waals surface area contributed by atoms with Crippen LogP contribution in [0.5, 0.6) is 5.88 Å². The molecule has 0 radical (unpaired) electrons. The van der Waals surface area contributed by atoms with Crippen LogP contribution in [0.25, 0.3) is 0 Å². The molecule has 1 atom stereocenters. The first-order valence-corrected chi connectivity index (χ1v) is 6.54. The molecule has 0 spiro atoms. The Hall–Kier alpha value is -1.83. The summed E-state index contributed by atoms with van der Waals surface area (Å²) in [5.74, 6) is -0.212. The second-order valence-corrected chi connectivity index (χ2v) is 4.42. The van der Waals surface area contributed by atoms with Gasteiger partial charge in [-0.1, -0.05) is 13.3 Å². The molecule has 1 rings (SSSR count). The molecule has 0 saturated carbocycles. The summed E-state index contributed by atoms with van der Waals surface area (Å²) in [4.78, 5) is 15.0. The van der Waals surface area contributed by atoms with E-state index in [4.69, 9.17) is 10.5 Å². The number of nitrogens with zero attached hydrogens (tertiary/aromatic N) is 1. The highest BCUT2D eigenvalue weighted by Crippen LogP contribution is 2.29. The molecule has 0 aliphatic heterocycles. The molecule has 1 unspecified atom stereocenters. The van der Waals surface area contributed by atoms with Crippen molar-refractivity contribution in [1.82, 2.24) is 10.3 Å². The molecule has 0 bridgehead atoms. The van der Waals surface area contributed by atoms with E-state index in [2.05, 4.69) is 10.3 Å². The summed E-state index contributed by atoms with van der Waals surface area (Å²) in [6.45, 7) is 2.23. The smallest absolute Gasteiger partial charge is 0.417 e. The number of halogens is 3. The van der Waals surface area contributed by atoms with E-state index in [1.54, 1.807) is 0 Å². The normalized spacial score (nSPS) is 12.8. The summed E-state index contributed by atoms with van der Waals surface area (Å²) in [6, 6.07) is 1.46. The van der Waals surface area contributed by atoms with Gasteiger partial charge in [0.25, 0.3) is 0 Å². The number of nitrogens with one attached hydrogen (secondary N) is 1. The minimum Gasteiger partial charge on any atom is -0.476 e. The number of hydrogen-bond acceptors (Lipinski definition) is 4. The van der Waals surface area contributed by atoms with Crippen LogP contribution >= 0.6 is 0 Å². The lowest BCUT2D eigenvalue weighted by atomic mass is 10.2. The number of aromatic nitrogens is 1. The fraction of sp³-hybridized carbons (Fsp3) is 0.538. The van der Waals surface area contributed by atoms with Gasteiger partial charge in [-0.05, 0) is 12.5 Å². The lowest BCUT2D eigenvalue weighted by molar-refractivity contribution is -0.137. The van der Waals surface area contributed by atoms with Gasteiger partial charge < -0.3 is 15.8 Å². The van der Waals surface area contributed by atoms with Crippen LogP contribution in [0.15, 0.2) is 18.3 Å². The third kappa shape index (κ3) is 5.99. The van der Waals surface area contributed by atoms with Crippen molar-refractivity contribution >= 4 is 5.91 Å². The zero-order valence-corrected chi connectivity index (χ0v) is 11.6. The maximum Gasteiger partial charge on any atom is 0.417 e. The summed E-state index contributed by atoms with van der Waals surface area (Å²) >= 11 is 0. The standard InChI is InChI=1S/C13H18F3N3O2/c1-2-3-10(17)12(20)18-6-7-21-11-5-4-9(8-19-11)13(14,15)16/h4-5,8,10H,2-3,6-7,17H2,1H3,(H,18,20). The summed E-state index contributed by atoms with van der Waals surface area (Å²) in [5.41, 5.74) is 4.77. The van der Waals surface area contributed by atoms with Gasteiger partial charge in [0, 0.05) is 12.3 Å². The van der Waals surface area contributed by atoms with Gasteiger partial charge in [0.1, 0.15) is 6.61 Å². The molecular weight excluding hydrogens is 287 g/mol. The number of alkyl halides is 3. The highest BCUT2D eigenvalue weighted by Gasteiger charge is 2.30. The van der Waals surface area contributed by atoms with E-state index in [9.17, 15) is 18.0 Å². The number of nitrogens with two attached hydrogens (primary N) is 1. The van der Waals surface area contributed by atoms with Crippen molar-refractivity contribution < 1.29 is 22.7 Å². The van der Waals surface area contributed by atoms with E-state index in [0.29, 0.717) is 12.6 Å². The Kier molecular flexibility index (Phi) is 6.41. The van der Waals surface area contributed by atoms with E-state index in [-0.39, 0.29) is 24.9 Å². The molecule has 3 N–H and O–H groups in total. The first-order valence-electron chi connectivity index (χ1n) is 6.54. The molecule has 1 aromatic heterocycles. The highest BCUT2D eigenvalue weighted by molar-refractivity contribution is 5.81. The number of carbonyl (C=O) groups excluding carboxylic acids is 1. The minimum absolute atomic E-state index is 0.0649. The molecule has 0 aliphatic carbocycles. The zero-order valence-electron chi connectivity index (χ0n) is 11.6. The third-order valence-electron chi connectivity index (χ3n) is 2.65. The van der Waals surface area contributed by atoms with Gasteiger partial charge in [0.05, 0.1) is 18.2 Å². The minimum atomic E-state index is -4.42. The fourth-order valence-electron chi connectivity index (χ4n) is 1.54. The monoisotopic (exact) mass is 305 g/mol. The topological polar surface area (TPSA) is 77.2 Å². The van der Waals surface area contributed by atoms with Gasteiger partial charge in [0.2, 0.25) is 11.8 Å². The summed E-state index contributed by atoms with van der Waals surface area (Å²) < 4.78 is 42.1. The summed E-state index contributed by atoms with van der Waals surface area (Å²) in [7, 11) is 0. The molecule has 1 amide bonds. The van der Waals surface area contributed by atoms with E-state index >= 15 is 0 Å². The van der Waals surface area contributed by atoms with Crippen LogP contribution < -0.4 is 15.8 Å². The van der Waals surface area contributed by atoms with Crippen LogP contribution in [0, 0.1) is 0 Å². The highest BCUT2D eigenvalue weighted by atomic mass is 19.4. The predicted octanol–water partition coefficient (Wildman–Crippen LogP) is 1.72. The maximum atomic E-state index is 12.3. The van der Waals surface area contributed by atoms with Gasteiger partial charge in [-0.15, -0.1) is 0 Å². The van der Waals surface area contributed by atoms with E-state index in [1.807, 2.05) is 6.92 Å². The Bertz CT molecular complexity index is 449. The molecule has 21 heavy (non-hydrogen) atoms. The summed E-state index contributed by atoms with van der Waals surface area (Å²) in [5, 5.41) is 2.58. The number of amides is 1. The Morgan fingerprint density at radius 3 is 2.71 bits per heavy atom. The molecule has 118 valence electrons. The number of pyridine rings is 1. The first-order chi connectivity index (χ1) is 9.84. The van der Waals surface area contributed by atoms with Crippen molar-refractivity contribution in [3.05, 3.63) is 23.9 Å². The average molecular weight is 305 g/mol. The molecule has 0 aromatic carbocycles. The van der Waals surface area contributed by atoms with Crippen molar-refractivity contribution in [1.29, 1.82) is 0 Å². The van der Waals surface area contributed by atoms with Gasteiger partial charge in [-0.2, -0.15) is 13.2 Å². The quantitative estimate of drug-likeness (QED) is 0.752. The largest absolute Gasteiger partial charge is 0.476 e.